The number of nitrogens with one attached hydrogen (secondary N) is 12. The van der Waals surface area contributed by atoms with Gasteiger partial charge in [-0.25, -0.2) is 0 Å². The molecule has 3 aromatic rings. The Morgan fingerprint density at radius 3 is 1.90 bits per heavy atom. The molecule has 1 unspecified atom stereocenters. The smallest absolute Gasteiger partial charge is 0.243 e. The Bertz CT molecular complexity index is 2430. The minimum absolute atomic E-state index is 0.0131. The van der Waals surface area contributed by atoms with E-state index in [1.807, 2.05) is 18.2 Å². The Morgan fingerprint density at radius 1 is 0.671 bits per heavy atom. The van der Waals surface area contributed by atoms with Gasteiger partial charge in [-0.15, -0.1) is 0 Å². The van der Waals surface area contributed by atoms with Crippen LogP contribution in [-0.2, 0) is 56.0 Å². The van der Waals surface area contributed by atoms with Gasteiger partial charge >= 0.3 is 0 Å². The summed E-state index contributed by atoms with van der Waals surface area (Å²) < 4.78 is 0. The predicted octanol–water partition coefficient (Wildman–Crippen LogP) is -3.84. The molecule has 7 atom stereocenters. The van der Waals surface area contributed by atoms with Crippen LogP contribution in [0.1, 0.15) is 75.3 Å². The Balaban J connectivity index is 1.75. The molecule has 26 nitrogen and oxygen atoms in total. The number of hydrogen-bond donors (Lipinski definition) is 17. The van der Waals surface area contributed by atoms with Crippen LogP contribution in [0.5, 0.6) is 0 Å². The van der Waals surface area contributed by atoms with Gasteiger partial charge in [-0.1, -0.05) is 48.5 Å². The van der Waals surface area contributed by atoms with E-state index in [2.05, 4.69) is 52.8 Å². The molecule has 2 heterocycles. The molecule has 4 rings (SSSR count). The second-order valence-electron chi connectivity index (χ2n) is 17.6. The summed E-state index contributed by atoms with van der Waals surface area (Å²) in [7, 11) is 0. The van der Waals surface area contributed by atoms with Gasteiger partial charge in [0.25, 0.3) is 0 Å². The maximum atomic E-state index is 14.5. The van der Waals surface area contributed by atoms with Crippen molar-refractivity contribution in [3.63, 3.8) is 0 Å². The number of fused-ring (bicyclic) bond motifs is 1. The number of guanidine groups is 2. The first-order valence-corrected chi connectivity index (χ1v) is 24.0. The van der Waals surface area contributed by atoms with Gasteiger partial charge in [0.05, 0.1) is 12.5 Å². The van der Waals surface area contributed by atoms with Crippen LogP contribution in [0.25, 0.3) is 10.9 Å². The number of rotatable bonds is 18. The highest BCUT2D eigenvalue weighted by molar-refractivity contribution is 5.99. The van der Waals surface area contributed by atoms with E-state index < -0.39 is 108 Å². The Labute approximate surface area is 421 Å². The first-order chi connectivity index (χ1) is 34.8. The van der Waals surface area contributed by atoms with Crippen molar-refractivity contribution in [3.05, 3.63) is 71.9 Å². The number of benzene rings is 2. The number of para-hydroxylation sites is 1. The molecule has 0 aliphatic carbocycles. The lowest BCUT2D eigenvalue weighted by Crippen LogP contribution is -2.60. The number of nitrogens with two attached hydrogens (primary N) is 5. The molecule has 0 spiro atoms. The summed E-state index contributed by atoms with van der Waals surface area (Å²) in [5, 5.41) is 39.3. The van der Waals surface area contributed by atoms with Crippen LogP contribution in [0.15, 0.2) is 60.8 Å². The fourth-order valence-electron chi connectivity index (χ4n) is 7.91. The molecule has 73 heavy (non-hydrogen) atoms. The number of aromatic amines is 1. The molecule has 1 aromatic heterocycles. The zero-order chi connectivity index (χ0) is 53.5. The fraction of sp³-hybridized carbons (Fsp3) is 0.468. The lowest BCUT2D eigenvalue weighted by molar-refractivity contribution is -0.136. The number of carbonyl (C=O) groups is 9. The Kier molecular flexibility index (Phi) is 22.9. The van der Waals surface area contributed by atoms with Gasteiger partial charge in [-0.05, 0) is 68.6 Å². The first-order valence-electron chi connectivity index (χ1n) is 24.0. The van der Waals surface area contributed by atoms with Crippen molar-refractivity contribution < 1.29 is 43.2 Å². The normalized spacial score (nSPS) is 21.4. The van der Waals surface area contributed by atoms with Crippen LogP contribution in [-0.4, -0.2) is 132 Å². The van der Waals surface area contributed by atoms with Crippen LogP contribution < -0.4 is 76.5 Å². The van der Waals surface area contributed by atoms with Crippen molar-refractivity contribution in [1.82, 2.24) is 52.8 Å². The highest BCUT2D eigenvalue weighted by atomic mass is 16.2. The molecule has 396 valence electrons. The maximum Gasteiger partial charge on any atom is 0.243 e. The zero-order valence-electron chi connectivity index (χ0n) is 40.5. The standard InChI is InChI=1S/C47H69N17O9/c48-29(13-8-20-56-46(51)52)40(68)62-36-24-38(66)55-19-7-6-15-31(39(50)67)59-44(72)35(23-27-25-58-30-14-5-4-12-28(27)30)64-41(69)32(16-9-21-57-47(53)54)60-43(71)34(22-26-10-2-1-3-11-26)63-42(70)33(61-45(36)73)17-18-37(49)65/h1-5,10-12,14,25,29,31-36,58H,6-9,13,15-24,48H2,(H2,49,65)(H2,50,67)(H,55,66)(H,59,72)(H,60,71)(H,61,73)(H,62,68)(H,63,70)(H,64,69)(H4,51,52,56)(H4,53,54,57)/t29-,31?,32-,33-,34+,35-,36-/m0/s1. The van der Waals surface area contributed by atoms with Gasteiger partial charge in [-0.3, -0.25) is 54.0 Å². The summed E-state index contributed by atoms with van der Waals surface area (Å²) in [4.78, 5) is 127. The van der Waals surface area contributed by atoms with E-state index in [0.717, 1.165) is 10.9 Å². The van der Waals surface area contributed by atoms with E-state index in [4.69, 9.17) is 39.5 Å². The van der Waals surface area contributed by atoms with E-state index in [1.165, 1.54) is 0 Å². The van der Waals surface area contributed by atoms with E-state index >= 15 is 0 Å². The Hall–Kier alpha value is -8.29. The number of primary amides is 2. The SMILES string of the molecule is N=C(N)NCCC[C@@H]1NC(=O)[C@@H](Cc2ccccc2)NC(=O)[C@H](CCC(N)=O)NC(=O)[C@@H](NC(=O)[C@@H](N)CCCNC(=N)N)CC(=O)NCCCCC(C(N)=O)NC(=O)[C@H](Cc2c[nH]c3ccccc23)NC1=O. The topological polar surface area (TPSA) is 455 Å². The van der Waals surface area contributed by atoms with Crippen LogP contribution in [0, 0.1) is 10.8 Å². The number of aromatic nitrogens is 1. The molecule has 26 heteroatoms. The summed E-state index contributed by atoms with van der Waals surface area (Å²) in [5.41, 5.74) is 30.1. The highest BCUT2D eigenvalue weighted by Crippen LogP contribution is 2.20. The number of hydrogen-bond acceptors (Lipinski definition) is 12. The van der Waals surface area contributed by atoms with Crippen LogP contribution in [0.3, 0.4) is 0 Å². The van der Waals surface area contributed by atoms with Crippen molar-refractivity contribution in [2.45, 2.75) is 119 Å². The second-order valence-corrected chi connectivity index (χ2v) is 17.6. The van der Waals surface area contributed by atoms with Gasteiger partial charge in [0.15, 0.2) is 11.9 Å². The molecule has 1 fully saturated rings. The third-order valence-corrected chi connectivity index (χ3v) is 11.8. The number of amides is 9. The first kappa shape index (κ1) is 57.3. The Morgan fingerprint density at radius 2 is 1.25 bits per heavy atom. The van der Waals surface area contributed by atoms with Crippen molar-refractivity contribution >= 4 is 76.0 Å². The summed E-state index contributed by atoms with van der Waals surface area (Å²) in [6.07, 6.45) is 0.952. The quantitative estimate of drug-likeness (QED) is 0.0330. The summed E-state index contributed by atoms with van der Waals surface area (Å²) >= 11 is 0. The van der Waals surface area contributed by atoms with E-state index in [0.29, 0.717) is 17.5 Å². The molecule has 0 bridgehead atoms. The van der Waals surface area contributed by atoms with Crippen LogP contribution in [0.2, 0.25) is 0 Å². The second kappa shape index (κ2) is 29.1. The van der Waals surface area contributed by atoms with E-state index in [1.54, 1.807) is 42.6 Å². The van der Waals surface area contributed by atoms with E-state index in [9.17, 15) is 43.2 Å². The monoisotopic (exact) mass is 1020 g/mol. The molecular formula is C47H69N17O9. The summed E-state index contributed by atoms with van der Waals surface area (Å²) in [6.45, 7) is 0.334. The summed E-state index contributed by atoms with van der Waals surface area (Å²) in [6, 6.07) is 5.94. The predicted molar refractivity (Wildman–Crippen MR) is 269 cm³/mol. The van der Waals surface area contributed by atoms with Gasteiger partial charge < -0.3 is 81.5 Å². The maximum absolute atomic E-state index is 14.5. The molecule has 1 saturated heterocycles. The van der Waals surface area contributed by atoms with Gasteiger partial charge in [0, 0.05) is 56.0 Å². The van der Waals surface area contributed by atoms with Crippen molar-refractivity contribution in [2.75, 3.05) is 19.6 Å². The number of H-pyrrole nitrogens is 1. The molecule has 1 aliphatic rings. The average Bonchev–Trinajstić information content (AvgIpc) is 3.75. The molecule has 0 radical (unpaired) electrons. The minimum Gasteiger partial charge on any atom is -0.370 e. The third-order valence-electron chi connectivity index (χ3n) is 11.8. The highest BCUT2D eigenvalue weighted by Gasteiger charge is 2.35. The lowest BCUT2D eigenvalue weighted by atomic mass is 10.0. The van der Waals surface area contributed by atoms with Crippen LogP contribution in [0.4, 0.5) is 0 Å². The zero-order valence-corrected chi connectivity index (χ0v) is 40.5. The molecule has 2 aromatic carbocycles. The average molecular weight is 1020 g/mol. The molecule has 22 N–H and O–H groups in total. The van der Waals surface area contributed by atoms with Crippen molar-refractivity contribution in [2.24, 2.45) is 28.7 Å². The van der Waals surface area contributed by atoms with Gasteiger partial charge in [-0.2, -0.15) is 0 Å². The van der Waals surface area contributed by atoms with Gasteiger partial charge in [0.1, 0.15) is 36.3 Å². The third kappa shape index (κ3) is 19.8. The van der Waals surface area contributed by atoms with E-state index in [-0.39, 0.29) is 89.3 Å². The molecule has 9 amide bonds. The molecule has 0 saturated carbocycles. The molecular weight excluding hydrogens is 947 g/mol. The number of carbonyl (C=O) groups excluding carboxylic acids is 9. The van der Waals surface area contributed by atoms with Crippen LogP contribution >= 0.6 is 0 Å². The largest absolute Gasteiger partial charge is 0.370 e. The summed E-state index contributed by atoms with van der Waals surface area (Å²) in [5.74, 6) is -8.35. The minimum atomic E-state index is -1.63. The van der Waals surface area contributed by atoms with Gasteiger partial charge in [0.2, 0.25) is 53.2 Å². The lowest BCUT2D eigenvalue weighted by Gasteiger charge is -2.28. The van der Waals surface area contributed by atoms with Crippen molar-refractivity contribution in [1.29, 1.82) is 10.8 Å². The fourth-order valence-corrected chi connectivity index (χ4v) is 7.91. The molecule has 1 aliphatic heterocycles. The van der Waals surface area contributed by atoms with Crippen molar-refractivity contribution in [3.8, 4) is 0 Å².